The van der Waals surface area contributed by atoms with Crippen LogP contribution in [0.15, 0.2) is 35.3 Å². The Balaban J connectivity index is 2.23. The molecular weight excluding hydrogens is 189 g/mol. The van der Waals surface area contributed by atoms with Gasteiger partial charge >= 0.3 is 0 Å². The van der Waals surface area contributed by atoms with Crippen molar-refractivity contribution < 1.29 is 4.39 Å². The summed E-state index contributed by atoms with van der Waals surface area (Å²) in [5.74, 6) is 0.282. The van der Waals surface area contributed by atoms with E-state index in [0.29, 0.717) is 5.92 Å². The monoisotopic (exact) mass is 203 g/mol. The summed E-state index contributed by atoms with van der Waals surface area (Å²) in [4.78, 5) is 4.54. The van der Waals surface area contributed by atoms with Crippen molar-refractivity contribution >= 4 is 11.4 Å². The summed E-state index contributed by atoms with van der Waals surface area (Å²) >= 11 is 0. The van der Waals surface area contributed by atoms with Gasteiger partial charge in [-0.2, -0.15) is 0 Å². The number of aliphatic imine (C=N–C) groups is 1. The Hall–Kier alpha value is -1.44. The van der Waals surface area contributed by atoms with Crippen LogP contribution in [-0.4, -0.2) is 5.71 Å². The Labute approximate surface area is 89.4 Å². The molecular formula is C13H14FN. The van der Waals surface area contributed by atoms with Gasteiger partial charge in [0.25, 0.3) is 0 Å². The molecule has 1 aromatic rings. The first kappa shape index (κ1) is 10.1. The van der Waals surface area contributed by atoms with Crippen LogP contribution in [0.5, 0.6) is 0 Å². The largest absolute Gasteiger partial charge is 0.257 e. The molecule has 15 heavy (non-hydrogen) atoms. The standard InChI is InChI=1S/C13H14FN/c1-9(2)12-7-8-13(15-12)10-3-5-11(14)6-4-10/h3-6,8-9H,7H2,1-2H3. The van der Waals surface area contributed by atoms with Gasteiger partial charge in [-0.25, -0.2) is 4.39 Å². The predicted octanol–water partition coefficient (Wildman–Crippen LogP) is 3.67. The van der Waals surface area contributed by atoms with E-state index in [0.717, 1.165) is 17.7 Å². The van der Waals surface area contributed by atoms with Gasteiger partial charge in [-0.3, -0.25) is 4.99 Å². The van der Waals surface area contributed by atoms with Gasteiger partial charge in [-0.15, -0.1) is 0 Å². The third kappa shape index (κ3) is 2.14. The molecule has 0 aromatic heterocycles. The molecule has 0 amide bonds. The lowest BCUT2D eigenvalue weighted by Crippen LogP contribution is -2.02. The van der Waals surface area contributed by atoms with Gasteiger partial charge in [0.1, 0.15) is 5.82 Å². The van der Waals surface area contributed by atoms with E-state index in [2.05, 4.69) is 24.9 Å². The van der Waals surface area contributed by atoms with Crippen LogP contribution in [0.3, 0.4) is 0 Å². The molecule has 0 saturated carbocycles. The van der Waals surface area contributed by atoms with Crippen molar-refractivity contribution in [2.24, 2.45) is 10.9 Å². The summed E-state index contributed by atoms with van der Waals surface area (Å²) in [7, 11) is 0. The second-order valence-corrected chi connectivity index (χ2v) is 4.06. The van der Waals surface area contributed by atoms with Crippen LogP contribution < -0.4 is 0 Å². The minimum Gasteiger partial charge on any atom is -0.257 e. The Morgan fingerprint density at radius 2 is 1.87 bits per heavy atom. The van der Waals surface area contributed by atoms with Crippen LogP contribution in [0.4, 0.5) is 4.39 Å². The zero-order valence-corrected chi connectivity index (χ0v) is 9.00. The van der Waals surface area contributed by atoms with Crippen LogP contribution in [0.25, 0.3) is 5.70 Å². The van der Waals surface area contributed by atoms with Crippen LogP contribution in [0.2, 0.25) is 0 Å². The third-order valence-corrected chi connectivity index (χ3v) is 2.58. The molecule has 0 N–H and O–H groups in total. The van der Waals surface area contributed by atoms with Crippen molar-refractivity contribution in [3.05, 3.63) is 41.7 Å². The molecule has 0 spiro atoms. The fourth-order valence-corrected chi connectivity index (χ4v) is 1.62. The van der Waals surface area contributed by atoms with Gasteiger partial charge in [-0.1, -0.05) is 19.9 Å². The summed E-state index contributed by atoms with van der Waals surface area (Å²) in [6.45, 7) is 4.28. The van der Waals surface area contributed by atoms with E-state index in [9.17, 15) is 4.39 Å². The molecule has 2 heteroatoms. The molecule has 0 aliphatic carbocycles. The average molecular weight is 203 g/mol. The summed E-state index contributed by atoms with van der Waals surface area (Å²) in [5.41, 5.74) is 3.17. The Morgan fingerprint density at radius 1 is 1.20 bits per heavy atom. The van der Waals surface area contributed by atoms with Crippen LogP contribution in [-0.2, 0) is 0 Å². The quantitative estimate of drug-likeness (QED) is 0.695. The zero-order valence-electron chi connectivity index (χ0n) is 9.00. The van der Waals surface area contributed by atoms with Gasteiger partial charge in [-0.05, 0) is 35.7 Å². The van der Waals surface area contributed by atoms with Crippen molar-refractivity contribution in [3.8, 4) is 0 Å². The van der Waals surface area contributed by atoms with Crippen molar-refractivity contribution in [1.82, 2.24) is 0 Å². The molecule has 1 aliphatic rings. The first-order valence-electron chi connectivity index (χ1n) is 5.20. The number of nitrogens with zero attached hydrogens (tertiary/aromatic N) is 1. The van der Waals surface area contributed by atoms with E-state index in [1.165, 1.54) is 17.8 Å². The number of hydrogen-bond donors (Lipinski definition) is 0. The average Bonchev–Trinajstić information content (AvgIpc) is 2.68. The molecule has 1 heterocycles. The molecule has 1 aliphatic heterocycles. The van der Waals surface area contributed by atoms with Gasteiger partial charge in [0.2, 0.25) is 0 Å². The normalized spacial score (nSPS) is 15.5. The molecule has 1 aromatic carbocycles. The molecule has 0 fully saturated rings. The van der Waals surface area contributed by atoms with Gasteiger partial charge in [0, 0.05) is 12.1 Å². The minimum atomic E-state index is -0.203. The molecule has 2 rings (SSSR count). The molecule has 0 bridgehead atoms. The first-order chi connectivity index (χ1) is 7.16. The number of benzene rings is 1. The Kier molecular flexibility index (Phi) is 2.67. The van der Waals surface area contributed by atoms with E-state index in [1.54, 1.807) is 12.1 Å². The summed E-state index contributed by atoms with van der Waals surface area (Å²) < 4.78 is 12.7. The lowest BCUT2D eigenvalue weighted by atomic mass is 10.1. The highest BCUT2D eigenvalue weighted by Crippen LogP contribution is 2.24. The van der Waals surface area contributed by atoms with Gasteiger partial charge < -0.3 is 0 Å². The number of hydrogen-bond acceptors (Lipinski definition) is 1. The highest BCUT2D eigenvalue weighted by atomic mass is 19.1. The molecule has 1 nitrogen and oxygen atoms in total. The van der Waals surface area contributed by atoms with E-state index in [4.69, 9.17) is 0 Å². The summed E-state index contributed by atoms with van der Waals surface area (Å²) in [5, 5.41) is 0. The predicted molar refractivity (Wildman–Crippen MR) is 61.3 cm³/mol. The van der Waals surface area contributed by atoms with E-state index >= 15 is 0 Å². The van der Waals surface area contributed by atoms with Crippen LogP contribution in [0.1, 0.15) is 25.8 Å². The Bertz CT molecular complexity index is 413. The number of halogens is 1. The highest BCUT2D eigenvalue weighted by molar-refractivity contribution is 5.96. The van der Waals surface area contributed by atoms with Crippen molar-refractivity contribution in [2.75, 3.05) is 0 Å². The lowest BCUT2D eigenvalue weighted by Gasteiger charge is -2.02. The second kappa shape index (κ2) is 3.97. The molecule has 0 unspecified atom stereocenters. The second-order valence-electron chi connectivity index (χ2n) is 4.06. The smallest absolute Gasteiger partial charge is 0.123 e. The summed E-state index contributed by atoms with van der Waals surface area (Å²) in [6.07, 6.45) is 3.02. The zero-order chi connectivity index (χ0) is 10.8. The van der Waals surface area contributed by atoms with Gasteiger partial charge in [0.15, 0.2) is 0 Å². The molecule has 0 radical (unpaired) electrons. The summed E-state index contributed by atoms with van der Waals surface area (Å²) in [6, 6.07) is 6.49. The van der Waals surface area contributed by atoms with Crippen LogP contribution in [0, 0.1) is 11.7 Å². The van der Waals surface area contributed by atoms with Crippen LogP contribution >= 0.6 is 0 Å². The molecule has 0 atom stereocenters. The number of rotatable bonds is 2. The molecule has 0 saturated heterocycles. The SMILES string of the molecule is CC(C)C1=NC(c2ccc(F)cc2)=CC1. The maximum absolute atomic E-state index is 12.7. The van der Waals surface area contributed by atoms with E-state index in [-0.39, 0.29) is 5.82 Å². The van der Waals surface area contributed by atoms with Crippen molar-refractivity contribution in [1.29, 1.82) is 0 Å². The minimum absolute atomic E-state index is 0.203. The molecule has 78 valence electrons. The Morgan fingerprint density at radius 3 is 2.40 bits per heavy atom. The highest BCUT2D eigenvalue weighted by Gasteiger charge is 2.12. The maximum Gasteiger partial charge on any atom is 0.123 e. The fraction of sp³-hybridized carbons (Fsp3) is 0.308. The van der Waals surface area contributed by atoms with E-state index in [1.807, 2.05) is 0 Å². The third-order valence-electron chi connectivity index (χ3n) is 2.58. The maximum atomic E-state index is 12.7. The van der Waals surface area contributed by atoms with Gasteiger partial charge in [0.05, 0.1) is 5.70 Å². The topological polar surface area (TPSA) is 12.4 Å². The lowest BCUT2D eigenvalue weighted by molar-refractivity contribution is 0.627. The number of allylic oxidation sites excluding steroid dienone is 1. The fourth-order valence-electron chi connectivity index (χ4n) is 1.62. The first-order valence-corrected chi connectivity index (χ1v) is 5.20. The van der Waals surface area contributed by atoms with Crippen molar-refractivity contribution in [2.45, 2.75) is 20.3 Å². The van der Waals surface area contributed by atoms with Crippen molar-refractivity contribution in [3.63, 3.8) is 0 Å². The van der Waals surface area contributed by atoms with E-state index < -0.39 is 0 Å².